The largest absolute Gasteiger partial charge is 0.468 e. The third-order valence-electron chi connectivity index (χ3n) is 3.35. The first kappa shape index (κ1) is 16.0. The summed E-state index contributed by atoms with van der Waals surface area (Å²) in [4.78, 5) is 13.8. The van der Waals surface area contributed by atoms with Crippen molar-refractivity contribution in [2.45, 2.75) is 12.6 Å². The van der Waals surface area contributed by atoms with Crippen molar-refractivity contribution in [3.05, 3.63) is 59.8 Å². The lowest BCUT2D eigenvalue weighted by Gasteiger charge is -2.22. The van der Waals surface area contributed by atoms with Crippen molar-refractivity contribution in [3.8, 4) is 0 Å². The Morgan fingerprint density at radius 2 is 2.00 bits per heavy atom. The van der Waals surface area contributed by atoms with Crippen molar-refractivity contribution in [2.24, 2.45) is 0 Å². The van der Waals surface area contributed by atoms with E-state index >= 15 is 0 Å². The maximum atomic E-state index is 13.5. The molecule has 0 saturated carbocycles. The van der Waals surface area contributed by atoms with Crippen molar-refractivity contribution in [3.63, 3.8) is 0 Å². The molecule has 1 atom stereocenters. The number of nitrogens with zero attached hydrogens (tertiary/aromatic N) is 1. The van der Waals surface area contributed by atoms with Gasteiger partial charge in [-0.25, -0.2) is 9.18 Å². The number of amides is 2. The third kappa shape index (κ3) is 4.33. The minimum Gasteiger partial charge on any atom is -0.468 e. The summed E-state index contributed by atoms with van der Waals surface area (Å²) in [5, 5.41) is 5.41. The summed E-state index contributed by atoms with van der Waals surface area (Å²) in [7, 11) is 3.82. The number of urea groups is 1. The number of rotatable bonds is 6. The van der Waals surface area contributed by atoms with Gasteiger partial charge < -0.3 is 15.1 Å². The Morgan fingerprint density at radius 3 is 2.64 bits per heavy atom. The summed E-state index contributed by atoms with van der Waals surface area (Å²) in [6.07, 6.45) is 1.60. The smallest absolute Gasteiger partial charge is 0.315 e. The monoisotopic (exact) mass is 305 g/mol. The molecule has 2 rings (SSSR count). The predicted molar refractivity (Wildman–Crippen MR) is 81.8 cm³/mol. The molecule has 0 spiro atoms. The molecule has 1 heterocycles. The number of hydrogen-bond acceptors (Lipinski definition) is 3. The molecule has 5 nitrogen and oxygen atoms in total. The van der Waals surface area contributed by atoms with Crippen LogP contribution in [0.3, 0.4) is 0 Å². The topological polar surface area (TPSA) is 57.5 Å². The van der Waals surface area contributed by atoms with E-state index in [1.165, 1.54) is 6.07 Å². The summed E-state index contributed by atoms with van der Waals surface area (Å²) in [6, 6.07) is 9.62. The van der Waals surface area contributed by atoms with Crippen LogP contribution < -0.4 is 10.6 Å². The Bertz CT molecular complexity index is 599. The number of furan rings is 1. The zero-order valence-corrected chi connectivity index (χ0v) is 12.7. The van der Waals surface area contributed by atoms with E-state index in [0.29, 0.717) is 12.1 Å². The average molecular weight is 305 g/mol. The second-order valence-corrected chi connectivity index (χ2v) is 5.15. The lowest BCUT2D eigenvalue weighted by molar-refractivity contribution is 0.225. The second kappa shape index (κ2) is 7.61. The molecular weight excluding hydrogens is 285 g/mol. The van der Waals surface area contributed by atoms with Gasteiger partial charge in [-0.15, -0.1) is 0 Å². The minimum atomic E-state index is -0.346. The van der Waals surface area contributed by atoms with E-state index < -0.39 is 0 Å². The van der Waals surface area contributed by atoms with Gasteiger partial charge in [-0.1, -0.05) is 18.2 Å². The molecule has 0 saturated heterocycles. The molecule has 0 bridgehead atoms. The van der Waals surface area contributed by atoms with E-state index in [2.05, 4.69) is 10.6 Å². The van der Waals surface area contributed by atoms with Gasteiger partial charge in [0.15, 0.2) is 0 Å². The predicted octanol–water partition coefficient (Wildman–Crippen LogP) is 2.52. The fourth-order valence-corrected chi connectivity index (χ4v) is 2.09. The van der Waals surface area contributed by atoms with Crippen LogP contribution in [0.2, 0.25) is 0 Å². The van der Waals surface area contributed by atoms with Crippen molar-refractivity contribution < 1.29 is 13.6 Å². The number of benzene rings is 1. The molecule has 6 heteroatoms. The van der Waals surface area contributed by atoms with Crippen LogP contribution in [0.5, 0.6) is 0 Å². The van der Waals surface area contributed by atoms with Gasteiger partial charge in [0.25, 0.3) is 0 Å². The van der Waals surface area contributed by atoms with Crippen LogP contribution >= 0.6 is 0 Å². The van der Waals surface area contributed by atoms with Crippen molar-refractivity contribution in [1.82, 2.24) is 15.5 Å². The first-order chi connectivity index (χ1) is 10.6. The Hall–Kier alpha value is -2.34. The quantitative estimate of drug-likeness (QED) is 0.862. The molecule has 0 aliphatic heterocycles. The number of halogens is 1. The number of carbonyl (C=O) groups is 1. The second-order valence-electron chi connectivity index (χ2n) is 5.15. The molecule has 1 aromatic heterocycles. The molecule has 2 N–H and O–H groups in total. The van der Waals surface area contributed by atoms with Gasteiger partial charge in [-0.3, -0.25) is 4.90 Å². The zero-order valence-electron chi connectivity index (χ0n) is 12.7. The van der Waals surface area contributed by atoms with E-state index in [4.69, 9.17) is 4.42 Å². The Kier molecular flexibility index (Phi) is 5.55. The Balaban J connectivity index is 1.83. The van der Waals surface area contributed by atoms with Gasteiger partial charge in [-0.2, -0.15) is 0 Å². The summed E-state index contributed by atoms with van der Waals surface area (Å²) >= 11 is 0. The zero-order chi connectivity index (χ0) is 15.9. The van der Waals surface area contributed by atoms with Crippen molar-refractivity contribution >= 4 is 6.03 Å². The fraction of sp³-hybridized carbons (Fsp3) is 0.312. The van der Waals surface area contributed by atoms with E-state index in [9.17, 15) is 9.18 Å². The molecule has 1 aromatic carbocycles. The van der Waals surface area contributed by atoms with Crippen LogP contribution in [0.25, 0.3) is 0 Å². The van der Waals surface area contributed by atoms with Gasteiger partial charge in [-0.05, 0) is 32.3 Å². The van der Waals surface area contributed by atoms with Crippen LogP contribution in [-0.2, 0) is 6.54 Å². The summed E-state index contributed by atoms with van der Waals surface area (Å²) in [5.74, 6) is 0.448. The molecule has 0 fully saturated rings. The Morgan fingerprint density at radius 1 is 1.23 bits per heavy atom. The highest BCUT2D eigenvalue weighted by Crippen LogP contribution is 2.17. The molecule has 2 amide bonds. The SMILES string of the molecule is CN(C)C(CNC(=O)NCc1ccccc1F)c1ccco1. The number of hydrogen-bond donors (Lipinski definition) is 2. The van der Waals surface area contributed by atoms with E-state index in [-0.39, 0.29) is 24.4 Å². The first-order valence-corrected chi connectivity index (χ1v) is 7.03. The van der Waals surface area contributed by atoms with E-state index in [1.54, 1.807) is 24.5 Å². The molecule has 0 radical (unpaired) electrons. The number of carbonyl (C=O) groups excluding carboxylic acids is 1. The van der Waals surface area contributed by atoms with E-state index in [0.717, 1.165) is 5.76 Å². The van der Waals surface area contributed by atoms with Crippen molar-refractivity contribution in [1.29, 1.82) is 0 Å². The van der Waals surface area contributed by atoms with Crippen LogP contribution in [0.4, 0.5) is 9.18 Å². The number of nitrogens with one attached hydrogen (secondary N) is 2. The fourth-order valence-electron chi connectivity index (χ4n) is 2.09. The molecule has 1 unspecified atom stereocenters. The highest BCUT2D eigenvalue weighted by Gasteiger charge is 2.17. The minimum absolute atomic E-state index is 0.0609. The van der Waals surface area contributed by atoms with Crippen LogP contribution in [0.15, 0.2) is 47.1 Å². The standard InChI is InChI=1S/C16H20FN3O2/c1-20(2)14(15-8-5-9-22-15)11-19-16(21)18-10-12-6-3-4-7-13(12)17/h3-9,14H,10-11H2,1-2H3,(H2,18,19,21). The van der Waals surface area contributed by atoms with Gasteiger partial charge in [0.2, 0.25) is 0 Å². The van der Waals surface area contributed by atoms with E-state index in [1.807, 2.05) is 31.1 Å². The maximum Gasteiger partial charge on any atom is 0.315 e. The molecule has 0 aliphatic rings. The molecule has 118 valence electrons. The summed E-state index contributed by atoms with van der Waals surface area (Å²) < 4.78 is 18.8. The first-order valence-electron chi connectivity index (χ1n) is 7.03. The van der Waals surface area contributed by atoms with Gasteiger partial charge in [0, 0.05) is 18.7 Å². The molecule has 2 aromatic rings. The van der Waals surface area contributed by atoms with Gasteiger partial charge >= 0.3 is 6.03 Å². The molecule has 0 aliphatic carbocycles. The van der Waals surface area contributed by atoms with Crippen LogP contribution in [0, 0.1) is 5.82 Å². The normalized spacial score (nSPS) is 12.2. The lowest BCUT2D eigenvalue weighted by Crippen LogP contribution is -2.40. The highest BCUT2D eigenvalue weighted by atomic mass is 19.1. The summed E-state index contributed by atoms with van der Waals surface area (Å²) in [6.45, 7) is 0.537. The van der Waals surface area contributed by atoms with Crippen LogP contribution in [-0.4, -0.2) is 31.6 Å². The Labute approximate surface area is 129 Å². The van der Waals surface area contributed by atoms with Crippen molar-refractivity contribution in [2.75, 3.05) is 20.6 Å². The summed E-state index contributed by atoms with van der Waals surface area (Å²) in [5.41, 5.74) is 0.452. The molecule has 22 heavy (non-hydrogen) atoms. The van der Waals surface area contributed by atoms with Gasteiger partial charge in [0.1, 0.15) is 11.6 Å². The maximum absolute atomic E-state index is 13.5. The number of likely N-dealkylation sites (N-methyl/N-ethyl adjacent to an activating group) is 1. The van der Waals surface area contributed by atoms with Crippen LogP contribution in [0.1, 0.15) is 17.4 Å². The third-order valence-corrected chi connectivity index (χ3v) is 3.35. The van der Waals surface area contributed by atoms with Gasteiger partial charge in [0.05, 0.1) is 12.3 Å². The molecular formula is C16H20FN3O2. The average Bonchev–Trinajstić information content (AvgIpc) is 3.00. The lowest BCUT2D eigenvalue weighted by atomic mass is 10.2. The highest BCUT2D eigenvalue weighted by molar-refractivity contribution is 5.73.